The number of aliphatic hydroxyl groups excluding tert-OH is 1. The van der Waals surface area contributed by atoms with E-state index in [1.54, 1.807) is 32.1 Å². The predicted octanol–water partition coefficient (Wildman–Crippen LogP) is 7.83. The Morgan fingerprint density at radius 1 is 0.909 bits per heavy atom. The van der Waals surface area contributed by atoms with Gasteiger partial charge in [-0.3, -0.25) is 14.4 Å². The average molecular weight is 770 g/mol. The third kappa shape index (κ3) is 17.0. The summed E-state index contributed by atoms with van der Waals surface area (Å²) in [4.78, 5) is 52.6. The molecule has 2 bridgehead atoms. The number of hydrogen-bond donors (Lipinski definition) is 4. The topological polar surface area (TPSA) is 166 Å². The van der Waals surface area contributed by atoms with Crippen molar-refractivity contribution in [3.63, 3.8) is 0 Å². The lowest BCUT2D eigenvalue weighted by Crippen LogP contribution is -2.38. The van der Waals surface area contributed by atoms with E-state index in [1.807, 2.05) is 13.8 Å². The smallest absolute Gasteiger partial charge is 0.405 e. The largest absolute Gasteiger partial charge is 0.439 e. The number of methoxy groups -OCH3 is 2. The SMILES string of the molecule is CCCCCCCCCCCCCCCCNC1=C2C[C@@H](C)C[C@H](OC)[C@H](O)[C@@H](C)/C=C(\C)[C@H](OC(N)=O)[C@@H](OC)/C=C\C=C(/C)C(=O)NC(=CC1=O)C2=O. The molecule has 2 rings (SSSR count). The number of rotatable bonds is 19. The van der Waals surface area contributed by atoms with Crippen LogP contribution in [-0.4, -0.2) is 73.9 Å². The number of nitrogens with two attached hydrogens (primary N) is 1. The number of unbranched alkanes of at least 4 members (excludes halogenated alkanes) is 13. The van der Waals surface area contributed by atoms with Gasteiger partial charge in [-0.1, -0.05) is 129 Å². The lowest BCUT2D eigenvalue weighted by molar-refractivity contribution is -0.120. The maximum Gasteiger partial charge on any atom is 0.405 e. The number of nitrogens with one attached hydrogen (secondary N) is 2. The highest BCUT2D eigenvalue weighted by molar-refractivity contribution is 6.23. The number of fused-ring (bicyclic) bond motifs is 2. The molecule has 5 N–H and O–H groups in total. The van der Waals surface area contributed by atoms with Crippen molar-refractivity contribution in [2.45, 2.75) is 162 Å². The molecule has 310 valence electrons. The van der Waals surface area contributed by atoms with Crippen molar-refractivity contribution in [2.24, 2.45) is 17.6 Å². The molecule has 1 aliphatic heterocycles. The Labute approximate surface area is 330 Å². The zero-order valence-electron chi connectivity index (χ0n) is 34.8. The number of carbonyl (C=O) groups excluding carboxylic acids is 4. The lowest BCUT2D eigenvalue weighted by Gasteiger charge is -2.30. The first-order valence-corrected chi connectivity index (χ1v) is 20.7. The molecule has 0 unspecified atom stereocenters. The standard InChI is InChI=1S/C44H71N3O8/c1-8-9-10-11-12-13-14-15-16-17-18-19-20-21-25-46-39-34-26-30(2)27-38(54-7)40(49)32(4)28-33(5)42(55-44(45)52)37(53-6)24-22-23-31(3)43(51)47-35(41(34)50)29-36(39)48/h22-24,28-30,32,37-38,40,42,46,49H,8-21,25-27H2,1-7H3,(H2,45,52)(H,47,51)/b24-22-,31-23+,33-28+/t30-,32+,37+,38+,40-,42+/m1/s1. The summed E-state index contributed by atoms with van der Waals surface area (Å²) >= 11 is 0. The molecule has 0 aromatic carbocycles. The second kappa shape index (κ2) is 26.3. The third-order valence-electron chi connectivity index (χ3n) is 10.6. The van der Waals surface area contributed by atoms with E-state index in [-0.39, 0.29) is 35.1 Å². The van der Waals surface area contributed by atoms with Crippen LogP contribution in [0.4, 0.5) is 4.79 Å². The van der Waals surface area contributed by atoms with Gasteiger partial charge in [-0.05, 0) is 44.6 Å². The number of amides is 2. The molecular weight excluding hydrogens is 698 g/mol. The number of primary amides is 1. The molecule has 2 amide bonds. The number of hydrogen-bond acceptors (Lipinski definition) is 9. The van der Waals surface area contributed by atoms with Crippen molar-refractivity contribution in [1.82, 2.24) is 10.6 Å². The summed E-state index contributed by atoms with van der Waals surface area (Å²) in [6, 6.07) is 0. The number of aliphatic hydroxyl groups is 1. The van der Waals surface area contributed by atoms with E-state index in [2.05, 4.69) is 17.6 Å². The van der Waals surface area contributed by atoms with E-state index in [0.29, 0.717) is 24.1 Å². The fourth-order valence-corrected chi connectivity index (χ4v) is 7.31. The molecule has 0 saturated carbocycles. The van der Waals surface area contributed by atoms with Crippen LogP contribution in [0.3, 0.4) is 0 Å². The summed E-state index contributed by atoms with van der Waals surface area (Å²) in [7, 11) is 2.97. The Morgan fingerprint density at radius 2 is 1.49 bits per heavy atom. The lowest BCUT2D eigenvalue weighted by atomic mass is 9.85. The summed E-state index contributed by atoms with van der Waals surface area (Å²) in [5, 5.41) is 17.3. The Balaban J connectivity index is 2.20. The monoisotopic (exact) mass is 770 g/mol. The van der Waals surface area contributed by atoms with Crippen LogP contribution < -0.4 is 16.4 Å². The molecule has 0 fully saturated rings. The molecule has 0 aromatic heterocycles. The Bertz CT molecular complexity index is 1400. The fourth-order valence-electron chi connectivity index (χ4n) is 7.31. The molecule has 6 atom stereocenters. The molecule has 0 saturated heterocycles. The van der Waals surface area contributed by atoms with Gasteiger partial charge in [0.15, 0.2) is 6.10 Å². The zero-order chi connectivity index (χ0) is 40.8. The second-order valence-corrected chi connectivity index (χ2v) is 15.5. The first kappa shape index (κ1) is 47.6. The van der Waals surface area contributed by atoms with Gasteiger partial charge in [0.25, 0.3) is 5.91 Å². The van der Waals surface area contributed by atoms with Crippen LogP contribution in [0.15, 0.2) is 58.5 Å². The van der Waals surface area contributed by atoms with Crippen molar-refractivity contribution in [2.75, 3.05) is 20.8 Å². The molecule has 11 heteroatoms. The quantitative estimate of drug-likeness (QED) is 0.0582. The van der Waals surface area contributed by atoms with Crippen molar-refractivity contribution in [1.29, 1.82) is 0 Å². The van der Waals surface area contributed by atoms with Crippen molar-refractivity contribution in [3.8, 4) is 0 Å². The molecular formula is C44H71N3O8. The first-order valence-electron chi connectivity index (χ1n) is 20.7. The number of Topliss-reactive ketones (excluding diaryl/α,β-unsaturated/α-hetero) is 1. The maximum absolute atomic E-state index is 14.0. The van der Waals surface area contributed by atoms with E-state index >= 15 is 0 Å². The predicted molar refractivity (Wildman–Crippen MR) is 218 cm³/mol. The van der Waals surface area contributed by atoms with Crippen LogP contribution in [-0.2, 0) is 28.6 Å². The highest BCUT2D eigenvalue weighted by Crippen LogP contribution is 2.29. The Hall–Kier alpha value is -3.54. The van der Waals surface area contributed by atoms with Crippen LogP contribution >= 0.6 is 0 Å². The van der Waals surface area contributed by atoms with Gasteiger partial charge in [-0.25, -0.2) is 4.79 Å². The van der Waals surface area contributed by atoms with Gasteiger partial charge in [0, 0.05) is 43.9 Å². The summed E-state index contributed by atoms with van der Waals surface area (Å²) in [5.74, 6) is -1.95. The van der Waals surface area contributed by atoms with Gasteiger partial charge in [0.05, 0.1) is 23.6 Å². The van der Waals surface area contributed by atoms with E-state index in [9.17, 15) is 24.3 Å². The first-order chi connectivity index (χ1) is 26.3. The van der Waals surface area contributed by atoms with Crippen molar-refractivity contribution in [3.05, 3.63) is 58.5 Å². The average Bonchev–Trinajstić information content (AvgIpc) is 3.15. The van der Waals surface area contributed by atoms with Crippen molar-refractivity contribution >= 4 is 23.6 Å². The molecule has 55 heavy (non-hydrogen) atoms. The van der Waals surface area contributed by atoms with Gasteiger partial charge in [-0.2, -0.15) is 0 Å². The molecule has 2 aliphatic rings. The highest BCUT2D eigenvalue weighted by atomic mass is 16.6. The van der Waals surface area contributed by atoms with Gasteiger partial charge < -0.3 is 35.7 Å². The molecule has 0 radical (unpaired) electrons. The number of ketones is 2. The maximum atomic E-state index is 14.0. The second-order valence-electron chi connectivity index (χ2n) is 15.5. The van der Waals surface area contributed by atoms with Gasteiger partial charge in [0.2, 0.25) is 11.6 Å². The Kier molecular flexibility index (Phi) is 22.8. The minimum absolute atomic E-state index is 0.0876. The number of ether oxygens (including phenoxy) is 3. The van der Waals surface area contributed by atoms with Crippen molar-refractivity contribution < 1.29 is 38.5 Å². The number of allylic oxidation sites excluding steroid dienone is 4. The highest BCUT2D eigenvalue weighted by Gasteiger charge is 2.33. The van der Waals surface area contributed by atoms with Crippen LogP contribution in [0, 0.1) is 11.8 Å². The third-order valence-corrected chi connectivity index (χ3v) is 10.6. The molecule has 0 aromatic rings. The van der Waals surface area contributed by atoms with Crippen LogP contribution in [0.25, 0.3) is 0 Å². The minimum Gasteiger partial charge on any atom is -0.439 e. The van der Waals surface area contributed by atoms with Crippen LogP contribution in [0.5, 0.6) is 0 Å². The summed E-state index contributed by atoms with van der Waals surface area (Å²) < 4.78 is 16.8. The van der Waals surface area contributed by atoms with E-state index in [4.69, 9.17) is 19.9 Å². The van der Waals surface area contributed by atoms with Crippen LogP contribution in [0.1, 0.15) is 137 Å². The van der Waals surface area contributed by atoms with Crippen LogP contribution in [0.2, 0.25) is 0 Å². The van der Waals surface area contributed by atoms with E-state index < -0.39 is 48.1 Å². The summed E-state index contributed by atoms with van der Waals surface area (Å²) in [6.45, 7) is 9.92. The Morgan fingerprint density at radius 3 is 2.04 bits per heavy atom. The van der Waals surface area contributed by atoms with Gasteiger partial charge in [0.1, 0.15) is 6.10 Å². The molecule has 1 heterocycles. The van der Waals surface area contributed by atoms with E-state index in [0.717, 1.165) is 19.3 Å². The summed E-state index contributed by atoms with van der Waals surface area (Å²) in [5.41, 5.74) is 6.75. The van der Waals surface area contributed by atoms with Gasteiger partial charge >= 0.3 is 6.09 Å². The van der Waals surface area contributed by atoms with E-state index in [1.165, 1.54) is 97.0 Å². The fraction of sp³-hybridized carbons (Fsp3) is 0.682. The molecule has 0 spiro atoms. The summed E-state index contributed by atoms with van der Waals surface area (Å²) in [6.07, 6.45) is 21.6. The number of carbonyl (C=O) groups is 4. The minimum atomic E-state index is -0.990. The molecule has 11 nitrogen and oxygen atoms in total. The van der Waals surface area contributed by atoms with Gasteiger partial charge in [-0.15, -0.1) is 0 Å². The normalized spacial score (nSPS) is 27.1. The molecule has 1 aliphatic carbocycles. The zero-order valence-corrected chi connectivity index (χ0v) is 34.8.